The molecule has 1 aliphatic rings. The second-order valence-corrected chi connectivity index (χ2v) is 6.40. The van der Waals surface area contributed by atoms with E-state index in [0.29, 0.717) is 11.6 Å². The van der Waals surface area contributed by atoms with Crippen LogP contribution in [0.4, 0.5) is 0 Å². The van der Waals surface area contributed by atoms with Gasteiger partial charge in [0.1, 0.15) is 0 Å². The highest BCUT2D eigenvalue weighted by atomic mass is 35.5. The number of rotatable bonds is 4. The van der Waals surface area contributed by atoms with Crippen molar-refractivity contribution in [3.8, 4) is 0 Å². The first kappa shape index (κ1) is 15.3. The first-order valence-electron chi connectivity index (χ1n) is 7.28. The van der Waals surface area contributed by atoms with Gasteiger partial charge in [-0.1, -0.05) is 23.7 Å². The van der Waals surface area contributed by atoms with Gasteiger partial charge in [0.05, 0.1) is 0 Å². The van der Waals surface area contributed by atoms with Crippen molar-refractivity contribution in [1.29, 1.82) is 0 Å². The second-order valence-electron chi connectivity index (χ2n) is 5.96. The van der Waals surface area contributed by atoms with Crippen LogP contribution in [0.15, 0.2) is 24.3 Å². The van der Waals surface area contributed by atoms with Crippen molar-refractivity contribution >= 4 is 17.5 Å². The zero-order valence-corrected chi connectivity index (χ0v) is 12.9. The number of nitrogens with zero attached hydrogens (tertiary/aromatic N) is 1. The van der Waals surface area contributed by atoms with Crippen molar-refractivity contribution in [2.45, 2.75) is 51.7 Å². The van der Waals surface area contributed by atoms with E-state index in [9.17, 15) is 4.79 Å². The Morgan fingerprint density at radius 3 is 2.75 bits per heavy atom. The molecular weight excluding hydrogens is 272 g/mol. The van der Waals surface area contributed by atoms with Crippen molar-refractivity contribution < 1.29 is 4.79 Å². The maximum absolute atomic E-state index is 12.7. The van der Waals surface area contributed by atoms with Crippen LogP contribution >= 0.6 is 11.6 Å². The number of hydrogen-bond donors (Lipinski definition) is 1. The van der Waals surface area contributed by atoms with Crippen LogP contribution in [0.25, 0.3) is 0 Å². The molecule has 1 aromatic carbocycles. The van der Waals surface area contributed by atoms with Crippen molar-refractivity contribution in [2.24, 2.45) is 11.7 Å². The number of benzene rings is 1. The third-order valence-corrected chi connectivity index (χ3v) is 4.21. The lowest BCUT2D eigenvalue weighted by molar-refractivity contribution is -0.137. The third-order valence-electron chi connectivity index (χ3n) is 3.97. The first-order valence-corrected chi connectivity index (χ1v) is 7.65. The summed E-state index contributed by atoms with van der Waals surface area (Å²) >= 11 is 6.01. The lowest BCUT2D eigenvalue weighted by Gasteiger charge is -2.29. The lowest BCUT2D eigenvalue weighted by atomic mass is 10.0. The van der Waals surface area contributed by atoms with Crippen LogP contribution < -0.4 is 5.73 Å². The minimum Gasteiger partial charge on any atom is -0.336 e. The van der Waals surface area contributed by atoms with Gasteiger partial charge in [0.2, 0.25) is 5.91 Å². The van der Waals surface area contributed by atoms with Gasteiger partial charge in [-0.2, -0.15) is 0 Å². The van der Waals surface area contributed by atoms with E-state index >= 15 is 0 Å². The fraction of sp³-hybridized carbons (Fsp3) is 0.562. The van der Waals surface area contributed by atoms with Crippen LogP contribution in [0.1, 0.15) is 38.7 Å². The molecule has 0 aromatic heterocycles. The fourth-order valence-corrected chi connectivity index (χ4v) is 3.04. The van der Waals surface area contributed by atoms with Gasteiger partial charge in [0.25, 0.3) is 0 Å². The molecule has 0 spiro atoms. The summed E-state index contributed by atoms with van der Waals surface area (Å²) < 4.78 is 0. The van der Waals surface area contributed by atoms with E-state index in [1.54, 1.807) is 0 Å². The summed E-state index contributed by atoms with van der Waals surface area (Å²) in [5, 5.41) is 0.710. The van der Waals surface area contributed by atoms with Crippen LogP contribution in [0, 0.1) is 5.92 Å². The predicted molar refractivity (Wildman–Crippen MR) is 82.5 cm³/mol. The Morgan fingerprint density at radius 2 is 2.20 bits per heavy atom. The smallest absolute Gasteiger partial charge is 0.226 e. The van der Waals surface area contributed by atoms with Crippen molar-refractivity contribution in [3.05, 3.63) is 34.9 Å². The van der Waals surface area contributed by atoms with Gasteiger partial charge in [-0.15, -0.1) is 0 Å². The maximum atomic E-state index is 12.7. The second kappa shape index (κ2) is 6.59. The third kappa shape index (κ3) is 3.74. The fourth-order valence-electron chi connectivity index (χ4n) is 2.82. The Bertz CT molecular complexity index is 475. The van der Waals surface area contributed by atoms with E-state index in [4.69, 9.17) is 17.3 Å². The predicted octanol–water partition coefficient (Wildman–Crippen LogP) is 3.20. The summed E-state index contributed by atoms with van der Waals surface area (Å²) in [6, 6.07) is 8.07. The molecule has 3 nitrogen and oxygen atoms in total. The van der Waals surface area contributed by atoms with Gasteiger partial charge in [0.15, 0.2) is 0 Å². The molecule has 110 valence electrons. The quantitative estimate of drug-likeness (QED) is 0.927. The van der Waals surface area contributed by atoms with E-state index in [1.165, 1.54) is 0 Å². The zero-order chi connectivity index (χ0) is 14.7. The number of halogens is 1. The average molecular weight is 295 g/mol. The molecule has 0 aliphatic heterocycles. The molecule has 1 amide bonds. The number of carbonyl (C=O) groups is 1. The lowest BCUT2D eigenvalue weighted by Crippen LogP contribution is -2.40. The molecule has 1 saturated carbocycles. The monoisotopic (exact) mass is 294 g/mol. The van der Waals surface area contributed by atoms with Gasteiger partial charge >= 0.3 is 0 Å². The zero-order valence-electron chi connectivity index (χ0n) is 12.2. The van der Waals surface area contributed by atoms with Gasteiger partial charge in [0, 0.05) is 29.6 Å². The summed E-state index contributed by atoms with van der Waals surface area (Å²) in [6.45, 7) is 4.72. The first-order chi connectivity index (χ1) is 9.47. The summed E-state index contributed by atoms with van der Waals surface area (Å²) in [5.41, 5.74) is 6.99. The number of carbonyl (C=O) groups excluding carboxylic acids is 1. The molecule has 2 N–H and O–H groups in total. The highest BCUT2D eigenvalue weighted by molar-refractivity contribution is 6.30. The Kier molecular flexibility index (Phi) is 5.06. The largest absolute Gasteiger partial charge is 0.336 e. The van der Waals surface area contributed by atoms with E-state index in [2.05, 4.69) is 13.8 Å². The molecule has 1 aliphatic carbocycles. The Labute approximate surface area is 126 Å². The van der Waals surface area contributed by atoms with Crippen LogP contribution in [0.5, 0.6) is 0 Å². The maximum Gasteiger partial charge on any atom is 0.226 e. The van der Waals surface area contributed by atoms with Crippen LogP contribution in [0.2, 0.25) is 5.02 Å². The van der Waals surface area contributed by atoms with Gasteiger partial charge in [-0.25, -0.2) is 0 Å². The molecule has 0 radical (unpaired) electrons. The molecule has 0 saturated heterocycles. The molecule has 1 fully saturated rings. The van der Waals surface area contributed by atoms with E-state index < -0.39 is 0 Å². The Balaban J connectivity index is 2.09. The molecule has 4 heteroatoms. The molecular formula is C16H23ClN2O. The van der Waals surface area contributed by atoms with E-state index in [-0.39, 0.29) is 23.9 Å². The molecule has 20 heavy (non-hydrogen) atoms. The van der Waals surface area contributed by atoms with Gasteiger partial charge in [-0.05, 0) is 50.8 Å². The topological polar surface area (TPSA) is 46.3 Å². The molecule has 2 rings (SSSR count). The van der Waals surface area contributed by atoms with Gasteiger partial charge in [-0.3, -0.25) is 4.79 Å². The van der Waals surface area contributed by atoms with Crippen LogP contribution in [-0.4, -0.2) is 22.9 Å². The molecule has 0 heterocycles. The number of amides is 1. The van der Waals surface area contributed by atoms with Crippen molar-refractivity contribution in [3.63, 3.8) is 0 Å². The number of hydrogen-bond acceptors (Lipinski definition) is 2. The standard InChI is InChI=1S/C16H23ClN2O/c1-11(2)19(10-12-4-3-5-14(17)8-12)16(20)13-6-7-15(18)9-13/h3-5,8,11,13,15H,6-7,9-10,18H2,1-2H3. The Hall–Kier alpha value is -1.06. The average Bonchev–Trinajstić information content (AvgIpc) is 2.82. The summed E-state index contributed by atoms with van der Waals surface area (Å²) in [5.74, 6) is 0.319. The number of nitrogens with two attached hydrogens (primary N) is 1. The normalized spacial score (nSPS) is 22.2. The summed E-state index contributed by atoms with van der Waals surface area (Å²) in [4.78, 5) is 14.6. The minimum absolute atomic E-state index is 0.0894. The Morgan fingerprint density at radius 1 is 1.45 bits per heavy atom. The molecule has 2 unspecified atom stereocenters. The summed E-state index contributed by atoms with van der Waals surface area (Å²) in [7, 11) is 0. The van der Waals surface area contributed by atoms with E-state index in [1.807, 2.05) is 29.2 Å². The van der Waals surface area contributed by atoms with Crippen LogP contribution in [-0.2, 0) is 11.3 Å². The van der Waals surface area contributed by atoms with Gasteiger partial charge < -0.3 is 10.6 Å². The summed E-state index contributed by atoms with van der Waals surface area (Å²) in [6.07, 6.45) is 2.69. The van der Waals surface area contributed by atoms with Crippen LogP contribution in [0.3, 0.4) is 0 Å². The molecule has 2 atom stereocenters. The van der Waals surface area contributed by atoms with E-state index in [0.717, 1.165) is 24.8 Å². The highest BCUT2D eigenvalue weighted by Crippen LogP contribution is 2.27. The molecule has 1 aromatic rings. The van der Waals surface area contributed by atoms with Crippen molar-refractivity contribution in [2.75, 3.05) is 0 Å². The molecule has 0 bridgehead atoms. The minimum atomic E-state index is 0.0894. The SMILES string of the molecule is CC(C)N(Cc1cccc(Cl)c1)C(=O)C1CCC(N)C1. The van der Waals surface area contributed by atoms with Crippen molar-refractivity contribution in [1.82, 2.24) is 4.90 Å². The highest BCUT2D eigenvalue weighted by Gasteiger charge is 2.31.